The highest BCUT2D eigenvalue weighted by Crippen LogP contribution is 2.31. The molecule has 128 valence electrons. The Morgan fingerprint density at radius 2 is 1.68 bits per heavy atom. The molecule has 0 atom stereocenters. The molecule has 0 radical (unpaired) electrons. The summed E-state index contributed by atoms with van der Waals surface area (Å²) in [4.78, 5) is 8.72. The number of aromatic nitrogens is 2. The van der Waals surface area contributed by atoms with Crippen molar-refractivity contribution in [2.75, 3.05) is 14.2 Å². The Balaban J connectivity index is 1.85. The summed E-state index contributed by atoms with van der Waals surface area (Å²) in [5.74, 6) is 1.45. The molecule has 0 saturated heterocycles. The van der Waals surface area contributed by atoms with E-state index in [0.29, 0.717) is 39.4 Å². The summed E-state index contributed by atoms with van der Waals surface area (Å²) in [6.07, 6.45) is 1.51. The van der Waals surface area contributed by atoms with E-state index < -0.39 is 7.12 Å². The van der Waals surface area contributed by atoms with Gasteiger partial charge in [-0.1, -0.05) is 24.3 Å². The van der Waals surface area contributed by atoms with E-state index in [9.17, 15) is 10.0 Å². The quantitative estimate of drug-likeness (QED) is 0.644. The maximum Gasteiger partial charge on any atom is 0.488 e. The predicted octanol–water partition coefficient (Wildman–Crippen LogP) is 0.906. The van der Waals surface area contributed by atoms with E-state index in [1.54, 1.807) is 50.6 Å². The molecule has 0 aliphatic rings. The second-order valence-electron chi connectivity index (χ2n) is 5.27. The van der Waals surface area contributed by atoms with Gasteiger partial charge in [-0.25, -0.2) is 9.97 Å². The number of methoxy groups -OCH3 is 2. The largest absolute Gasteiger partial charge is 0.493 e. The van der Waals surface area contributed by atoms with Crippen molar-refractivity contribution < 1.29 is 24.3 Å². The van der Waals surface area contributed by atoms with Gasteiger partial charge in [0, 0.05) is 12.1 Å². The molecular weight excluding hydrogens is 323 g/mol. The minimum atomic E-state index is -1.56. The molecule has 25 heavy (non-hydrogen) atoms. The summed E-state index contributed by atoms with van der Waals surface area (Å²) in [6.45, 7) is 0.140. The average Bonchev–Trinajstić information content (AvgIpc) is 2.65. The zero-order chi connectivity index (χ0) is 17.8. The van der Waals surface area contributed by atoms with Gasteiger partial charge in [-0.3, -0.25) is 0 Å². The first-order valence-electron chi connectivity index (χ1n) is 7.58. The van der Waals surface area contributed by atoms with E-state index in [0.717, 1.165) is 0 Å². The maximum atomic E-state index is 9.40. The van der Waals surface area contributed by atoms with Crippen LogP contribution in [0.5, 0.6) is 17.4 Å². The summed E-state index contributed by atoms with van der Waals surface area (Å²) in [7, 11) is 1.55. The minimum Gasteiger partial charge on any atom is -0.493 e. The Morgan fingerprint density at radius 1 is 1.00 bits per heavy atom. The number of hydrogen-bond donors (Lipinski definition) is 2. The number of benzene rings is 2. The number of hydrogen-bond acceptors (Lipinski definition) is 7. The van der Waals surface area contributed by atoms with Gasteiger partial charge in [-0.2, -0.15) is 0 Å². The van der Waals surface area contributed by atoms with E-state index >= 15 is 0 Å². The van der Waals surface area contributed by atoms with Crippen LogP contribution in [-0.2, 0) is 6.61 Å². The van der Waals surface area contributed by atoms with Crippen LogP contribution in [-0.4, -0.2) is 41.4 Å². The van der Waals surface area contributed by atoms with Gasteiger partial charge in [-0.15, -0.1) is 0 Å². The average molecular weight is 340 g/mol. The molecule has 0 aliphatic carbocycles. The predicted molar refractivity (Wildman–Crippen MR) is 93.2 cm³/mol. The molecule has 2 N–H and O–H groups in total. The van der Waals surface area contributed by atoms with E-state index in [4.69, 9.17) is 14.2 Å². The van der Waals surface area contributed by atoms with Crippen molar-refractivity contribution in [1.82, 2.24) is 9.97 Å². The van der Waals surface area contributed by atoms with E-state index in [2.05, 4.69) is 9.97 Å². The summed E-state index contributed by atoms with van der Waals surface area (Å²) in [6, 6.07) is 10.4. The molecule has 0 spiro atoms. The van der Waals surface area contributed by atoms with Crippen LogP contribution in [0.15, 0.2) is 42.6 Å². The van der Waals surface area contributed by atoms with Gasteiger partial charge in [0.1, 0.15) is 6.61 Å². The number of fused-ring (bicyclic) bond motifs is 1. The maximum absolute atomic E-state index is 9.40. The lowest BCUT2D eigenvalue weighted by molar-refractivity contribution is 0.294. The van der Waals surface area contributed by atoms with Crippen LogP contribution in [0.3, 0.4) is 0 Å². The van der Waals surface area contributed by atoms with Crippen LogP contribution in [0.25, 0.3) is 11.0 Å². The lowest BCUT2D eigenvalue weighted by Crippen LogP contribution is -2.33. The van der Waals surface area contributed by atoms with Gasteiger partial charge in [0.05, 0.1) is 31.4 Å². The van der Waals surface area contributed by atoms with Crippen molar-refractivity contribution in [1.29, 1.82) is 0 Å². The molecule has 1 heterocycles. The monoisotopic (exact) mass is 340 g/mol. The molecule has 3 aromatic rings. The van der Waals surface area contributed by atoms with Gasteiger partial charge in [-0.05, 0) is 11.0 Å². The first kappa shape index (κ1) is 17.0. The van der Waals surface area contributed by atoms with Crippen LogP contribution in [0, 0.1) is 0 Å². The summed E-state index contributed by atoms with van der Waals surface area (Å²) < 4.78 is 16.2. The smallest absolute Gasteiger partial charge is 0.488 e. The molecule has 7 nitrogen and oxygen atoms in total. The first-order chi connectivity index (χ1) is 12.1. The summed E-state index contributed by atoms with van der Waals surface area (Å²) >= 11 is 0. The fourth-order valence-corrected chi connectivity index (χ4v) is 2.46. The second kappa shape index (κ2) is 7.37. The van der Waals surface area contributed by atoms with Gasteiger partial charge < -0.3 is 24.3 Å². The fourth-order valence-electron chi connectivity index (χ4n) is 2.46. The highest BCUT2D eigenvalue weighted by atomic mass is 16.5. The summed E-state index contributed by atoms with van der Waals surface area (Å²) in [5, 5.41) is 18.8. The van der Waals surface area contributed by atoms with Crippen molar-refractivity contribution in [3.63, 3.8) is 0 Å². The Kier molecular flexibility index (Phi) is 5.01. The van der Waals surface area contributed by atoms with Gasteiger partial charge in [0.2, 0.25) is 5.88 Å². The molecule has 0 amide bonds. The molecule has 0 saturated carbocycles. The van der Waals surface area contributed by atoms with Crippen molar-refractivity contribution >= 4 is 23.6 Å². The third kappa shape index (κ3) is 3.65. The lowest BCUT2D eigenvalue weighted by atomic mass is 9.77. The highest BCUT2D eigenvalue weighted by Gasteiger charge is 2.16. The van der Waals surface area contributed by atoms with Crippen LogP contribution in [0.2, 0.25) is 0 Å². The van der Waals surface area contributed by atoms with Gasteiger partial charge in [0.15, 0.2) is 11.5 Å². The zero-order valence-corrected chi connectivity index (χ0v) is 13.8. The first-order valence-corrected chi connectivity index (χ1v) is 7.58. The lowest BCUT2D eigenvalue weighted by Gasteiger charge is -2.11. The Morgan fingerprint density at radius 3 is 2.36 bits per heavy atom. The number of nitrogens with zero attached hydrogens (tertiary/aromatic N) is 2. The number of ether oxygens (including phenoxy) is 3. The van der Waals surface area contributed by atoms with E-state index in [-0.39, 0.29) is 6.61 Å². The van der Waals surface area contributed by atoms with Crippen molar-refractivity contribution in [3.05, 3.63) is 48.2 Å². The molecular formula is C17H17BN2O5. The van der Waals surface area contributed by atoms with Crippen LogP contribution < -0.4 is 19.7 Å². The van der Waals surface area contributed by atoms with Crippen LogP contribution in [0.1, 0.15) is 5.56 Å². The Labute approximate surface area is 145 Å². The van der Waals surface area contributed by atoms with E-state index in [1.807, 2.05) is 0 Å². The minimum absolute atomic E-state index is 0.140. The zero-order valence-electron chi connectivity index (χ0n) is 13.8. The normalized spacial score (nSPS) is 10.6. The van der Waals surface area contributed by atoms with Gasteiger partial charge >= 0.3 is 7.12 Å². The molecule has 0 aliphatic heterocycles. The SMILES string of the molecule is COc1cc2ncc(OCc3ccccc3B(O)O)nc2cc1OC. The van der Waals surface area contributed by atoms with Crippen molar-refractivity contribution in [2.24, 2.45) is 0 Å². The molecule has 0 unspecified atom stereocenters. The molecule has 2 aromatic carbocycles. The van der Waals surface area contributed by atoms with Crippen LogP contribution >= 0.6 is 0 Å². The third-order valence-electron chi connectivity index (χ3n) is 3.73. The molecule has 0 fully saturated rings. The molecule has 3 rings (SSSR count). The standard InChI is InChI=1S/C17H17BN2O5/c1-23-15-7-13-14(8-16(15)24-2)20-17(9-19-13)25-10-11-5-3-4-6-12(11)18(21)22/h3-9,21-22H,10H2,1-2H3. The van der Waals surface area contributed by atoms with Crippen molar-refractivity contribution in [3.8, 4) is 17.4 Å². The van der Waals surface area contributed by atoms with Crippen molar-refractivity contribution in [2.45, 2.75) is 6.61 Å². The topological polar surface area (TPSA) is 93.9 Å². The van der Waals surface area contributed by atoms with Crippen LogP contribution in [0.4, 0.5) is 0 Å². The molecule has 0 bridgehead atoms. The molecule has 8 heteroatoms. The van der Waals surface area contributed by atoms with Gasteiger partial charge in [0.25, 0.3) is 0 Å². The summed E-state index contributed by atoms with van der Waals surface area (Å²) in [5.41, 5.74) is 2.30. The van der Waals surface area contributed by atoms with E-state index in [1.165, 1.54) is 6.20 Å². The highest BCUT2D eigenvalue weighted by molar-refractivity contribution is 6.59. The Bertz CT molecular complexity index is 888. The Hall–Kier alpha value is -2.84. The molecule has 1 aromatic heterocycles. The number of rotatable bonds is 6. The second-order valence-corrected chi connectivity index (χ2v) is 5.27. The fraction of sp³-hybridized carbons (Fsp3) is 0.176. The third-order valence-corrected chi connectivity index (χ3v) is 3.73.